The Morgan fingerprint density at radius 3 is 2.52 bits per heavy atom. The second-order valence-corrected chi connectivity index (χ2v) is 7.49. The molecule has 148 valence electrons. The number of nitrogens with two attached hydrogens (primary N) is 2. The third kappa shape index (κ3) is 9.61. The first-order valence-corrected chi connectivity index (χ1v) is 10.1. The summed E-state index contributed by atoms with van der Waals surface area (Å²) in [7, 11) is 0. The van der Waals surface area contributed by atoms with Gasteiger partial charge in [-0.3, -0.25) is 5.84 Å². The number of nitrogens with one attached hydrogen (secondary N) is 1. The molecule has 0 bridgehead atoms. The number of hydrazine groups is 1. The summed E-state index contributed by atoms with van der Waals surface area (Å²) in [5.41, 5.74) is 6.58. The van der Waals surface area contributed by atoms with E-state index in [1.54, 1.807) is 6.08 Å². The lowest BCUT2D eigenvalue weighted by Gasteiger charge is -2.20. The number of halogens is 1. The fraction of sp³-hybridized carbons (Fsp3) is 0.364. The van der Waals surface area contributed by atoms with E-state index in [2.05, 4.69) is 47.1 Å². The van der Waals surface area contributed by atoms with Gasteiger partial charge in [0.1, 0.15) is 0 Å². The standard InChI is InChI=1S/C22H33BrN4/c1-4-7-10-19(5-2)20(6-3)16-26-22(21(23)15-24)11-8-9-14-27(25)17-18-12-13-18/h4-11,15,18-20,26H,1-3,12-14,16-17,24-25H2/b9-8+,10-7-,21-15-,22-11+. The van der Waals surface area contributed by atoms with Gasteiger partial charge in [0.25, 0.3) is 0 Å². The topological polar surface area (TPSA) is 67.3 Å². The lowest BCUT2D eigenvalue weighted by molar-refractivity contribution is 0.301. The summed E-state index contributed by atoms with van der Waals surface area (Å²) < 4.78 is 0.800. The Bertz CT molecular complexity index is 599. The van der Waals surface area contributed by atoms with Crippen LogP contribution in [0.1, 0.15) is 12.8 Å². The van der Waals surface area contributed by atoms with Gasteiger partial charge in [0.15, 0.2) is 0 Å². The molecule has 2 unspecified atom stereocenters. The maximum Gasteiger partial charge on any atom is 0.0561 e. The van der Waals surface area contributed by atoms with E-state index in [4.69, 9.17) is 11.6 Å². The lowest BCUT2D eigenvalue weighted by Crippen LogP contribution is -2.33. The normalized spacial score (nSPS) is 18.0. The Kier molecular flexibility index (Phi) is 11.5. The molecule has 1 fully saturated rings. The van der Waals surface area contributed by atoms with Gasteiger partial charge in [-0.25, -0.2) is 5.01 Å². The van der Waals surface area contributed by atoms with E-state index in [0.29, 0.717) is 6.54 Å². The van der Waals surface area contributed by atoms with Crippen LogP contribution in [0, 0.1) is 17.8 Å². The summed E-state index contributed by atoms with van der Waals surface area (Å²) in [6, 6.07) is 0. The van der Waals surface area contributed by atoms with Crippen molar-refractivity contribution >= 4 is 15.9 Å². The van der Waals surface area contributed by atoms with Crippen LogP contribution in [0.2, 0.25) is 0 Å². The van der Waals surface area contributed by atoms with Gasteiger partial charge in [-0.2, -0.15) is 0 Å². The van der Waals surface area contributed by atoms with Crippen LogP contribution < -0.4 is 16.9 Å². The number of rotatable bonds is 14. The highest BCUT2D eigenvalue weighted by molar-refractivity contribution is 9.12. The molecule has 1 aliphatic rings. The zero-order valence-electron chi connectivity index (χ0n) is 16.1. The van der Waals surface area contributed by atoms with Gasteiger partial charge in [0.05, 0.1) is 4.48 Å². The first-order valence-electron chi connectivity index (χ1n) is 9.28. The van der Waals surface area contributed by atoms with E-state index >= 15 is 0 Å². The molecule has 1 rings (SSSR count). The van der Waals surface area contributed by atoms with Crippen molar-refractivity contribution in [2.45, 2.75) is 12.8 Å². The Hall–Kier alpha value is -1.82. The van der Waals surface area contributed by atoms with Crippen LogP contribution in [0.25, 0.3) is 0 Å². The maximum absolute atomic E-state index is 5.99. The first-order chi connectivity index (χ1) is 13.0. The molecule has 0 amide bonds. The third-order valence-corrected chi connectivity index (χ3v) is 5.09. The molecule has 1 aliphatic carbocycles. The summed E-state index contributed by atoms with van der Waals surface area (Å²) in [6.45, 7) is 14.0. The van der Waals surface area contributed by atoms with Gasteiger partial charge >= 0.3 is 0 Å². The molecule has 5 heteroatoms. The molecule has 0 saturated heterocycles. The van der Waals surface area contributed by atoms with E-state index in [1.165, 1.54) is 19.0 Å². The molecule has 5 N–H and O–H groups in total. The van der Waals surface area contributed by atoms with Crippen molar-refractivity contribution in [3.05, 3.63) is 84.7 Å². The highest BCUT2D eigenvalue weighted by atomic mass is 79.9. The van der Waals surface area contributed by atoms with Gasteiger partial charge in [-0.05, 0) is 40.8 Å². The van der Waals surface area contributed by atoms with Gasteiger partial charge in [0, 0.05) is 43.4 Å². The first kappa shape index (κ1) is 23.2. The van der Waals surface area contributed by atoms with Gasteiger partial charge in [-0.15, -0.1) is 13.2 Å². The predicted octanol–water partition coefficient (Wildman–Crippen LogP) is 4.14. The molecule has 2 atom stereocenters. The van der Waals surface area contributed by atoms with Crippen LogP contribution in [-0.2, 0) is 0 Å². The van der Waals surface area contributed by atoms with E-state index in [1.807, 2.05) is 41.5 Å². The monoisotopic (exact) mass is 432 g/mol. The number of nitrogens with zero attached hydrogens (tertiary/aromatic N) is 1. The maximum atomic E-state index is 5.99. The molecular weight excluding hydrogens is 400 g/mol. The molecule has 0 radical (unpaired) electrons. The molecular formula is C22H33BrN4. The zero-order chi connectivity index (χ0) is 20.1. The number of hydrogen-bond acceptors (Lipinski definition) is 4. The van der Waals surface area contributed by atoms with Crippen molar-refractivity contribution < 1.29 is 0 Å². The summed E-state index contributed by atoms with van der Waals surface area (Å²) in [6.07, 6.45) is 19.8. The molecule has 1 saturated carbocycles. The average Bonchev–Trinajstić information content (AvgIpc) is 3.49. The minimum atomic E-state index is 0.179. The van der Waals surface area contributed by atoms with Crippen LogP contribution in [0.5, 0.6) is 0 Å². The van der Waals surface area contributed by atoms with Crippen molar-refractivity contribution in [2.24, 2.45) is 29.3 Å². The van der Waals surface area contributed by atoms with Crippen molar-refractivity contribution in [1.82, 2.24) is 10.3 Å². The largest absolute Gasteiger partial charge is 0.404 e. The molecule has 0 heterocycles. The Balaban J connectivity index is 2.66. The molecule has 0 aliphatic heterocycles. The molecule has 27 heavy (non-hydrogen) atoms. The van der Waals surface area contributed by atoms with Crippen molar-refractivity contribution in [1.29, 1.82) is 0 Å². The third-order valence-electron chi connectivity index (χ3n) is 4.40. The van der Waals surface area contributed by atoms with Crippen LogP contribution in [-0.4, -0.2) is 24.6 Å². The van der Waals surface area contributed by atoms with Crippen molar-refractivity contribution in [2.75, 3.05) is 19.6 Å². The van der Waals surface area contributed by atoms with Crippen molar-refractivity contribution in [3.8, 4) is 0 Å². The number of hydrogen-bond donors (Lipinski definition) is 3. The Morgan fingerprint density at radius 2 is 1.96 bits per heavy atom. The van der Waals surface area contributed by atoms with Gasteiger partial charge in [-0.1, -0.05) is 49.1 Å². The second-order valence-electron chi connectivity index (χ2n) is 6.63. The van der Waals surface area contributed by atoms with E-state index in [0.717, 1.165) is 29.2 Å². The minimum Gasteiger partial charge on any atom is -0.404 e. The van der Waals surface area contributed by atoms with E-state index in [9.17, 15) is 0 Å². The lowest BCUT2D eigenvalue weighted by atomic mass is 9.91. The van der Waals surface area contributed by atoms with E-state index < -0.39 is 0 Å². The van der Waals surface area contributed by atoms with Crippen LogP contribution in [0.3, 0.4) is 0 Å². The number of allylic oxidation sites excluding steroid dienone is 7. The Morgan fingerprint density at radius 1 is 1.22 bits per heavy atom. The summed E-state index contributed by atoms with van der Waals surface area (Å²) in [5.74, 6) is 7.16. The molecule has 0 aromatic rings. The highest BCUT2D eigenvalue weighted by Crippen LogP contribution is 2.28. The molecule has 0 aromatic carbocycles. The summed E-state index contributed by atoms with van der Waals surface area (Å²) >= 11 is 3.50. The molecule has 0 spiro atoms. The van der Waals surface area contributed by atoms with Crippen molar-refractivity contribution in [3.63, 3.8) is 0 Å². The fourth-order valence-corrected chi connectivity index (χ4v) is 2.86. The van der Waals surface area contributed by atoms with Crippen LogP contribution >= 0.6 is 15.9 Å². The summed E-state index contributed by atoms with van der Waals surface area (Å²) in [4.78, 5) is 0. The quantitative estimate of drug-likeness (QED) is 0.167. The minimum absolute atomic E-state index is 0.179. The van der Waals surface area contributed by atoms with Crippen LogP contribution in [0.15, 0.2) is 84.7 Å². The average molecular weight is 433 g/mol. The molecule has 4 nitrogen and oxygen atoms in total. The Labute approximate surface area is 172 Å². The molecule has 0 aromatic heterocycles. The highest BCUT2D eigenvalue weighted by Gasteiger charge is 2.22. The smallest absolute Gasteiger partial charge is 0.0561 e. The zero-order valence-corrected chi connectivity index (χ0v) is 17.7. The van der Waals surface area contributed by atoms with E-state index in [-0.39, 0.29) is 11.8 Å². The summed E-state index contributed by atoms with van der Waals surface area (Å²) in [5, 5.41) is 5.29. The van der Waals surface area contributed by atoms with Gasteiger partial charge in [0.2, 0.25) is 0 Å². The fourth-order valence-electron chi connectivity index (χ4n) is 2.59. The second kappa shape index (κ2) is 13.4. The SMILES string of the molecule is C=C/C=C\C(C=C)C(C=C)CNC(=C/C=C/CN(N)CC1CC1)/C(Br)=C/N. The predicted molar refractivity (Wildman–Crippen MR) is 122 cm³/mol. The van der Waals surface area contributed by atoms with Crippen LogP contribution in [0.4, 0.5) is 0 Å². The van der Waals surface area contributed by atoms with Gasteiger partial charge < -0.3 is 11.1 Å².